The van der Waals surface area contributed by atoms with E-state index in [0.29, 0.717) is 22.1 Å². The monoisotopic (exact) mass is 293 g/mol. The minimum Gasteiger partial charge on any atom is -0.493 e. The second kappa shape index (κ2) is 5.83. The van der Waals surface area contributed by atoms with Gasteiger partial charge in [-0.25, -0.2) is 4.79 Å². The summed E-state index contributed by atoms with van der Waals surface area (Å²) in [6, 6.07) is 7.28. The summed E-state index contributed by atoms with van der Waals surface area (Å²) in [7, 11) is 4.48. The number of rotatable bonds is 4. The fourth-order valence-corrected chi connectivity index (χ4v) is 2.78. The zero-order valence-corrected chi connectivity index (χ0v) is 12.2. The smallest absolute Gasteiger partial charge is 0.350 e. The van der Waals surface area contributed by atoms with Crippen molar-refractivity contribution >= 4 is 23.0 Å². The number of methoxy groups -OCH3 is 3. The lowest BCUT2D eigenvalue weighted by Crippen LogP contribution is -2.00. The average Bonchev–Trinajstić information content (AvgIpc) is 2.87. The minimum absolute atomic E-state index is 0.400. The van der Waals surface area contributed by atoms with Gasteiger partial charge in [0.05, 0.1) is 27.0 Å². The average molecular weight is 293 g/mol. The van der Waals surface area contributed by atoms with Crippen LogP contribution in [0.1, 0.15) is 9.67 Å². The Hall–Kier alpha value is -2.21. The van der Waals surface area contributed by atoms with Crippen molar-refractivity contribution in [1.82, 2.24) is 0 Å². The van der Waals surface area contributed by atoms with Crippen LogP contribution in [0.3, 0.4) is 0 Å². The summed E-state index contributed by atoms with van der Waals surface area (Å²) in [6.07, 6.45) is 0. The van der Waals surface area contributed by atoms with E-state index in [9.17, 15) is 4.79 Å². The largest absolute Gasteiger partial charge is 0.493 e. The van der Waals surface area contributed by atoms with E-state index in [0.717, 1.165) is 10.4 Å². The van der Waals surface area contributed by atoms with Crippen LogP contribution in [0.15, 0.2) is 24.3 Å². The molecular weight excluding hydrogens is 278 g/mol. The van der Waals surface area contributed by atoms with Crippen LogP contribution in [0.25, 0.3) is 10.4 Å². The number of carbonyl (C=O) groups excluding carboxylic acids is 1. The van der Waals surface area contributed by atoms with Gasteiger partial charge in [0.25, 0.3) is 0 Å². The minimum atomic E-state index is -0.431. The first kappa shape index (κ1) is 14.2. The van der Waals surface area contributed by atoms with Gasteiger partial charge in [-0.15, -0.1) is 11.3 Å². The Morgan fingerprint density at radius 1 is 1.10 bits per heavy atom. The number of thiophene rings is 1. The third kappa shape index (κ3) is 2.55. The molecule has 0 fully saturated rings. The number of hydrogen-bond donors (Lipinski definition) is 1. The van der Waals surface area contributed by atoms with Gasteiger partial charge in [0, 0.05) is 4.88 Å². The van der Waals surface area contributed by atoms with E-state index in [4.69, 9.17) is 19.9 Å². The molecule has 5 nitrogen and oxygen atoms in total. The molecule has 106 valence electrons. The number of nitrogen functional groups attached to an aromatic ring is 1. The second-order valence-electron chi connectivity index (χ2n) is 3.96. The summed E-state index contributed by atoms with van der Waals surface area (Å²) in [4.78, 5) is 12.8. The number of hydrogen-bond acceptors (Lipinski definition) is 6. The molecule has 1 aromatic heterocycles. The van der Waals surface area contributed by atoms with E-state index in [2.05, 4.69) is 0 Å². The van der Waals surface area contributed by atoms with Gasteiger partial charge in [-0.3, -0.25) is 0 Å². The first-order chi connectivity index (χ1) is 9.60. The molecule has 2 rings (SSSR count). The number of esters is 1. The lowest BCUT2D eigenvalue weighted by Gasteiger charge is -2.08. The van der Waals surface area contributed by atoms with Gasteiger partial charge < -0.3 is 19.9 Å². The van der Waals surface area contributed by atoms with Gasteiger partial charge in [0.15, 0.2) is 11.5 Å². The normalized spacial score (nSPS) is 10.2. The zero-order chi connectivity index (χ0) is 14.7. The Labute approximate surface area is 120 Å². The van der Waals surface area contributed by atoms with Crippen molar-refractivity contribution in [3.8, 4) is 21.9 Å². The van der Waals surface area contributed by atoms with E-state index in [1.54, 1.807) is 20.3 Å². The maximum Gasteiger partial charge on any atom is 0.350 e. The predicted octanol–water partition coefficient (Wildman–Crippen LogP) is 2.80. The molecule has 0 spiro atoms. The van der Waals surface area contributed by atoms with Gasteiger partial charge in [0.1, 0.15) is 4.88 Å². The Kier molecular flexibility index (Phi) is 4.14. The highest BCUT2D eigenvalue weighted by molar-refractivity contribution is 7.18. The molecule has 0 saturated carbocycles. The van der Waals surface area contributed by atoms with Gasteiger partial charge >= 0.3 is 5.97 Å². The summed E-state index contributed by atoms with van der Waals surface area (Å²) in [5, 5.41) is 0. The molecule has 20 heavy (non-hydrogen) atoms. The number of carbonyl (C=O) groups is 1. The molecule has 1 heterocycles. The fourth-order valence-electron chi connectivity index (χ4n) is 1.79. The van der Waals surface area contributed by atoms with Crippen LogP contribution in [0.5, 0.6) is 11.5 Å². The molecule has 0 saturated heterocycles. The molecule has 0 aliphatic rings. The van der Waals surface area contributed by atoms with E-state index in [-0.39, 0.29) is 0 Å². The van der Waals surface area contributed by atoms with Crippen molar-refractivity contribution < 1.29 is 19.0 Å². The van der Waals surface area contributed by atoms with Gasteiger partial charge in [-0.2, -0.15) is 0 Å². The third-order valence-electron chi connectivity index (χ3n) is 2.80. The molecule has 2 aromatic rings. The van der Waals surface area contributed by atoms with E-state index in [1.807, 2.05) is 18.2 Å². The SMILES string of the molecule is COC(=O)c1sc(-c2ccc(OC)c(OC)c2)cc1N. The maximum absolute atomic E-state index is 11.6. The maximum atomic E-state index is 11.6. The van der Waals surface area contributed by atoms with Gasteiger partial charge in [-0.1, -0.05) is 0 Å². The van der Waals surface area contributed by atoms with Crippen LogP contribution in [0.2, 0.25) is 0 Å². The van der Waals surface area contributed by atoms with Crippen LogP contribution in [-0.2, 0) is 4.74 Å². The van der Waals surface area contributed by atoms with E-state index in [1.165, 1.54) is 18.4 Å². The Morgan fingerprint density at radius 3 is 2.40 bits per heavy atom. The lowest BCUT2D eigenvalue weighted by atomic mass is 10.1. The fraction of sp³-hybridized carbons (Fsp3) is 0.214. The molecule has 0 unspecified atom stereocenters. The van der Waals surface area contributed by atoms with Gasteiger partial charge in [-0.05, 0) is 29.8 Å². The number of benzene rings is 1. The summed E-state index contributed by atoms with van der Waals surface area (Å²) in [5.74, 6) is 0.838. The quantitative estimate of drug-likeness (QED) is 0.878. The summed E-state index contributed by atoms with van der Waals surface area (Å²) in [5.41, 5.74) is 7.14. The Bertz CT molecular complexity index is 636. The van der Waals surface area contributed by atoms with Crippen molar-refractivity contribution in [3.63, 3.8) is 0 Å². The third-order valence-corrected chi connectivity index (χ3v) is 3.98. The zero-order valence-electron chi connectivity index (χ0n) is 11.4. The summed E-state index contributed by atoms with van der Waals surface area (Å²) < 4.78 is 15.1. The number of nitrogens with two attached hydrogens (primary N) is 1. The standard InChI is InChI=1S/C14H15NO4S/c1-17-10-5-4-8(6-11(10)18-2)12-7-9(15)13(20-12)14(16)19-3/h4-7H,15H2,1-3H3. The van der Waals surface area contributed by atoms with Crippen LogP contribution in [-0.4, -0.2) is 27.3 Å². The lowest BCUT2D eigenvalue weighted by molar-refractivity contribution is 0.0607. The molecule has 0 amide bonds. The summed E-state index contributed by atoms with van der Waals surface area (Å²) >= 11 is 1.28. The molecule has 1 aromatic carbocycles. The number of anilines is 1. The second-order valence-corrected chi connectivity index (χ2v) is 5.01. The predicted molar refractivity (Wildman–Crippen MR) is 78.6 cm³/mol. The van der Waals surface area contributed by atoms with Crippen molar-refractivity contribution in [2.45, 2.75) is 0 Å². The molecule has 0 atom stereocenters. The highest BCUT2D eigenvalue weighted by Gasteiger charge is 2.16. The van der Waals surface area contributed by atoms with Crippen molar-refractivity contribution in [3.05, 3.63) is 29.1 Å². The molecular formula is C14H15NO4S. The van der Waals surface area contributed by atoms with Crippen LogP contribution in [0.4, 0.5) is 5.69 Å². The topological polar surface area (TPSA) is 70.8 Å². The molecule has 2 N–H and O–H groups in total. The van der Waals surface area contributed by atoms with E-state index >= 15 is 0 Å². The van der Waals surface area contributed by atoms with Crippen molar-refractivity contribution in [2.75, 3.05) is 27.1 Å². The Balaban J connectivity index is 2.44. The van der Waals surface area contributed by atoms with Crippen LogP contribution >= 0.6 is 11.3 Å². The first-order valence-corrected chi connectivity index (χ1v) is 6.62. The molecule has 0 aliphatic heterocycles. The molecule has 0 bridgehead atoms. The van der Waals surface area contributed by atoms with Gasteiger partial charge in [0.2, 0.25) is 0 Å². The number of ether oxygens (including phenoxy) is 3. The van der Waals surface area contributed by atoms with Crippen LogP contribution in [0, 0.1) is 0 Å². The Morgan fingerprint density at radius 2 is 1.80 bits per heavy atom. The van der Waals surface area contributed by atoms with Crippen molar-refractivity contribution in [2.24, 2.45) is 0 Å². The van der Waals surface area contributed by atoms with Crippen molar-refractivity contribution in [1.29, 1.82) is 0 Å². The summed E-state index contributed by atoms with van der Waals surface area (Å²) in [6.45, 7) is 0. The van der Waals surface area contributed by atoms with Crippen LogP contribution < -0.4 is 15.2 Å². The molecule has 0 aliphatic carbocycles. The molecule has 0 radical (unpaired) electrons. The molecule has 6 heteroatoms. The highest BCUT2D eigenvalue weighted by Crippen LogP contribution is 2.37. The van der Waals surface area contributed by atoms with E-state index < -0.39 is 5.97 Å². The highest BCUT2D eigenvalue weighted by atomic mass is 32.1. The first-order valence-electron chi connectivity index (χ1n) is 5.80.